The molecule has 0 aliphatic carbocycles. The molecule has 0 amide bonds. The molecular weight excluding hydrogens is 276 g/mol. The standard InChI is InChI=1S/C11H15FNO5P/c1-17-19(16,18-2)11(13-7-10(14)15)8-5-3-4-6-9(8)12/h3-6,11,13H,7H2,1-2H3,(H,14,15). The molecule has 6 nitrogen and oxygen atoms in total. The van der Waals surface area contributed by atoms with Crippen LogP contribution in [-0.2, 0) is 18.4 Å². The minimum atomic E-state index is -3.71. The fourth-order valence-electron chi connectivity index (χ4n) is 1.56. The van der Waals surface area contributed by atoms with Crippen LogP contribution in [0.25, 0.3) is 0 Å². The highest BCUT2D eigenvalue weighted by molar-refractivity contribution is 7.54. The Kier molecular flexibility index (Phi) is 5.62. The second-order valence-corrected chi connectivity index (χ2v) is 5.93. The van der Waals surface area contributed by atoms with E-state index in [1.807, 2.05) is 0 Å². The van der Waals surface area contributed by atoms with Crippen molar-refractivity contribution in [2.75, 3.05) is 20.8 Å². The Morgan fingerprint density at radius 2 is 2.00 bits per heavy atom. The minimum Gasteiger partial charge on any atom is -0.480 e. The van der Waals surface area contributed by atoms with Gasteiger partial charge in [0.05, 0.1) is 6.54 Å². The molecular formula is C11H15FNO5P. The molecule has 0 heterocycles. The summed E-state index contributed by atoms with van der Waals surface area (Å²) in [4.78, 5) is 10.6. The molecule has 0 radical (unpaired) electrons. The largest absolute Gasteiger partial charge is 0.480 e. The first kappa shape index (κ1) is 15.8. The van der Waals surface area contributed by atoms with Crippen LogP contribution in [0.1, 0.15) is 11.3 Å². The van der Waals surface area contributed by atoms with Crippen LogP contribution in [0.15, 0.2) is 24.3 Å². The molecule has 8 heteroatoms. The average molecular weight is 291 g/mol. The van der Waals surface area contributed by atoms with Crippen molar-refractivity contribution in [3.05, 3.63) is 35.6 Å². The van der Waals surface area contributed by atoms with Crippen molar-refractivity contribution in [3.63, 3.8) is 0 Å². The molecule has 1 atom stereocenters. The minimum absolute atomic E-state index is 0.0239. The number of hydrogen-bond acceptors (Lipinski definition) is 5. The first-order valence-corrected chi connectivity index (χ1v) is 6.96. The van der Waals surface area contributed by atoms with E-state index in [1.54, 1.807) is 6.07 Å². The Bertz CT molecular complexity index is 488. The van der Waals surface area contributed by atoms with Gasteiger partial charge in [0, 0.05) is 19.8 Å². The molecule has 0 spiro atoms. The summed E-state index contributed by atoms with van der Waals surface area (Å²) in [6.45, 7) is -0.504. The molecule has 0 saturated heterocycles. The summed E-state index contributed by atoms with van der Waals surface area (Å²) in [5.74, 6) is -2.99. The van der Waals surface area contributed by atoms with Crippen LogP contribution in [0.3, 0.4) is 0 Å². The summed E-state index contributed by atoms with van der Waals surface area (Å²) < 4.78 is 35.7. The Morgan fingerprint density at radius 3 is 2.47 bits per heavy atom. The molecule has 106 valence electrons. The third-order valence-electron chi connectivity index (χ3n) is 2.47. The predicted octanol–water partition coefficient (Wildman–Crippen LogP) is 1.98. The second kappa shape index (κ2) is 6.77. The monoisotopic (exact) mass is 291 g/mol. The van der Waals surface area contributed by atoms with Crippen LogP contribution in [0, 0.1) is 5.82 Å². The van der Waals surface area contributed by atoms with Crippen molar-refractivity contribution in [2.24, 2.45) is 0 Å². The van der Waals surface area contributed by atoms with Gasteiger partial charge in [-0.25, -0.2) is 4.39 Å². The summed E-state index contributed by atoms with van der Waals surface area (Å²) in [5, 5.41) is 11.1. The molecule has 19 heavy (non-hydrogen) atoms. The van der Waals surface area contributed by atoms with Gasteiger partial charge in [0.2, 0.25) is 0 Å². The van der Waals surface area contributed by atoms with Crippen LogP contribution in [0.4, 0.5) is 4.39 Å². The number of aliphatic carboxylic acids is 1. The number of hydrogen-bond donors (Lipinski definition) is 2. The number of nitrogens with one attached hydrogen (secondary N) is 1. The fourth-order valence-corrected chi connectivity index (χ4v) is 2.99. The van der Waals surface area contributed by atoms with Crippen molar-refractivity contribution < 1.29 is 27.9 Å². The predicted molar refractivity (Wildman–Crippen MR) is 66.4 cm³/mol. The van der Waals surface area contributed by atoms with E-state index in [4.69, 9.17) is 14.2 Å². The number of carbonyl (C=O) groups is 1. The molecule has 1 rings (SSSR count). The van der Waals surface area contributed by atoms with Crippen LogP contribution in [0.2, 0.25) is 0 Å². The van der Waals surface area contributed by atoms with E-state index >= 15 is 0 Å². The Hall–Kier alpha value is -1.27. The van der Waals surface area contributed by atoms with Crippen molar-refractivity contribution in [1.29, 1.82) is 0 Å². The van der Waals surface area contributed by atoms with Gasteiger partial charge in [0.15, 0.2) is 0 Å². The summed E-state index contributed by atoms with van der Waals surface area (Å²) in [7, 11) is -1.40. The normalized spacial score (nSPS) is 13.2. The van der Waals surface area contributed by atoms with Crippen molar-refractivity contribution >= 4 is 13.6 Å². The lowest BCUT2D eigenvalue weighted by molar-refractivity contribution is -0.136. The third-order valence-corrected chi connectivity index (χ3v) is 4.58. The van der Waals surface area contributed by atoms with Crippen molar-refractivity contribution in [2.45, 2.75) is 5.78 Å². The zero-order chi connectivity index (χ0) is 14.5. The zero-order valence-corrected chi connectivity index (χ0v) is 11.4. The van der Waals surface area contributed by atoms with Crippen LogP contribution in [0.5, 0.6) is 0 Å². The summed E-state index contributed by atoms with van der Waals surface area (Å²) >= 11 is 0. The molecule has 0 aliphatic rings. The Labute approximate surface area is 110 Å². The average Bonchev–Trinajstić information content (AvgIpc) is 2.40. The van der Waals surface area contributed by atoms with Gasteiger partial charge in [-0.1, -0.05) is 18.2 Å². The van der Waals surface area contributed by atoms with Gasteiger partial charge in [0.25, 0.3) is 0 Å². The van der Waals surface area contributed by atoms with Gasteiger partial charge in [-0.15, -0.1) is 0 Å². The molecule has 1 unspecified atom stereocenters. The quantitative estimate of drug-likeness (QED) is 0.747. The van der Waals surface area contributed by atoms with Gasteiger partial charge in [-0.3, -0.25) is 14.7 Å². The van der Waals surface area contributed by atoms with Crippen LogP contribution < -0.4 is 5.32 Å². The number of rotatable bonds is 7. The fraction of sp³-hybridized carbons (Fsp3) is 0.364. The first-order valence-electron chi connectivity index (χ1n) is 5.35. The molecule has 0 saturated carbocycles. The highest BCUT2D eigenvalue weighted by Crippen LogP contribution is 2.58. The topological polar surface area (TPSA) is 84.9 Å². The highest BCUT2D eigenvalue weighted by atomic mass is 31.2. The molecule has 0 aliphatic heterocycles. The lowest BCUT2D eigenvalue weighted by Gasteiger charge is -2.25. The van der Waals surface area contributed by atoms with E-state index < -0.39 is 31.7 Å². The maximum Gasteiger partial charge on any atom is 0.351 e. The first-order chi connectivity index (χ1) is 8.94. The summed E-state index contributed by atoms with van der Waals surface area (Å²) in [6.07, 6.45) is 0. The van der Waals surface area contributed by atoms with Crippen molar-refractivity contribution in [3.8, 4) is 0 Å². The van der Waals surface area contributed by atoms with Gasteiger partial charge >= 0.3 is 13.6 Å². The van der Waals surface area contributed by atoms with E-state index in [0.717, 1.165) is 14.2 Å². The second-order valence-electron chi connectivity index (χ2n) is 3.60. The SMILES string of the molecule is COP(=O)(OC)C(NCC(=O)O)c1ccccc1F. The smallest absolute Gasteiger partial charge is 0.351 e. The number of carboxylic acid groups (broad SMARTS) is 1. The van der Waals surface area contributed by atoms with Gasteiger partial charge < -0.3 is 14.2 Å². The zero-order valence-electron chi connectivity index (χ0n) is 10.5. The van der Waals surface area contributed by atoms with Gasteiger partial charge in [0.1, 0.15) is 11.6 Å². The highest BCUT2D eigenvalue weighted by Gasteiger charge is 2.37. The van der Waals surface area contributed by atoms with Gasteiger partial charge in [-0.05, 0) is 6.07 Å². The summed E-state index contributed by atoms with van der Waals surface area (Å²) in [5.41, 5.74) is 0.0239. The molecule has 0 fully saturated rings. The third kappa shape index (κ3) is 3.84. The van der Waals surface area contributed by atoms with Crippen LogP contribution in [-0.4, -0.2) is 31.8 Å². The van der Waals surface area contributed by atoms with E-state index in [9.17, 15) is 13.8 Å². The molecule has 1 aromatic carbocycles. The van der Waals surface area contributed by atoms with E-state index in [2.05, 4.69) is 5.32 Å². The van der Waals surface area contributed by atoms with E-state index in [-0.39, 0.29) is 5.56 Å². The molecule has 0 aromatic heterocycles. The number of benzene rings is 1. The van der Waals surface area contributed by atoms with Crippen molar-refractivity contribution in [1.82, 2.24) is 5.32 Å². The maximum absolute atomic E-state index is 13.7. The molecule has 2 N–H and O–H groups in total. The number of carboxylic acids is 1. The lowest BCUT2D eigenvalue weighted by Crippen LogP contribution is -2.28. The summed E-state index contributed by atoms with van der Waals surface area (Å²) in [6, 6.07) is 5.58. The molecule has 0 bridgehead atoms. The maximum atomic E-state index is 13.7. The van der Waals surface area contributed by atoms with E-state index in [1.165, 1.54) is 18.2 Å². The van der Waals surface area contributed by atoms with E-state index in [0.29, 0.717) is 0 Å². The lowest BCUT2D eigenvalue weighted by atomic mass is 10.2. The Balaban J connectivity index is 3.16. The van der Waals surface area contributed by atoms with Crippen LogP contribution >= 0.6 is 7.60 Å². The van der Waals surface area contributed by atoms with Gasteiger partial charge in [-0.2, -0.15) is 0 Å². The number of halogens is 1. The Morgan fingerprint density at radius 1 is 1.42 bits per heavy atom. The molecule has 1 aromatic rings.